The predicted octanol–water partition coefficient (Wildman–Crippen LogP) is 5.46. The number of amides is 1. The van der Waals surface area contributed by atoms with Gasteiger partial charge in [0.25, 0.3) is 5.91 Å². The van der Waals surface area contributed by atoms with Crippen LogP contribution in [0.5, 0.6) is 11.5 Å². The molecule has 0 bridgehead atoms. The molecule has 1 heterocycles. The molecule has 1 saturated heterocycles. The fraction of sp³-hybridized carbons (Fsp3) is 0.321. The number of hydrogen-bond donors (Lipinski definition) is 0. The summed E-state index contributed by atoms with van der Waals surface area (Å²) in [5.74, 6) is 0.981. The van der Waals surface area contributed by atoms with Gasteiger partial charge in [0.05, 0.1) is 14.2 Å². The molecule has 1 aliphatic heterocycles. The van der Waals surface area contributed by atoms with E-state index in [1.165, 1.54) is 12.1 Å². The minimum atomic E-state index is -0.220. The van der Waals surface area contributed by atoms with Gasteiger partial charge >= 0.3 is 0 Å². The molecule has 0 unspecified atom stereocenters. The van der Waals surface area contributed by atoms with Crippen LogP contribution in [-0.2, 0) is 6.54 Å². The standard InChI is InChI=1S/C28H31FN2O3/c1-20-5-4-6-22(17-20)28(32)31(25-11-12-26(33-2)27(18-25)34-3)24-13-15-30(16-14-24)19-21-7-9-23(29)10-8-21/h4-12,17-18,24H,13-16,19H2,1-3H3. The van der Waals surface area contributed by atoms with Gasteiger partial charge in [-0.1, -0.05) is 29.8 Å². The second-order valence-corrected chi connectivity index (χ2v) is 8.72. The Bertz CT molecular complexity index is 1120. The van der Waals surface area contributed by atoms with E-state index >= 15 is 0 Å². The van der Waals surface area contributed by atoms with Crippen molar-refractivity contribution in [3.63, 3.8) is 0 Å². The summed E-state index contributed by atoms with van der Waals surface area (Å²) in [6.45, 7) is 4.47. The summed E-state index contributed by atoms with van der Waals surface area (Å²) in [5, 5.41) is 0. The lowest BCUT2D eigenvalue weighted by atomic mass is 9.99. The summed E-state index contributed by atoms with van der Waals surface area (Å²) >= 11 is 0. The van der Waals surface area contributed by atoms with E-state index in [1.54, 1.807) is 14.2 Å². The highest BCUT2D eigenvalue weighted by atomic mass is 19.1. The predicted molar refractivity (Wildman–Crippen MR) is 132 cm³/mol. The lowest BCUT2D eigenvalue weighted by Gasteiger charge is -2.39. The van der Waals surface area contributed by atoms with Crippen molar-refractivity contribution in [2.24, 2.45) is 0 Å². The second-order valence-electron chi connectivity index (χ2n) is 8.72. The van der Waals surface area contributed by atoms with Gasteiger partial charge in [0, 0.05) is 43.0 Å². The van der Waals surface area contributed by atoms with Crippen LogP contribution in [0, 0.1) is 12.7 Å². The molecule has 0 saturated carbocycles. The number of anilines is 1. The number of hydrogen-bond acceptors (Lipinski definition) is 4. The van der Waals surface area contributed by atoms with E-state index < -0.39 is 0 Å². The summed E-state index contributed by atoms with van der Waals surface area (Å²) < 4.78 is 24.2. The van der Waals surface area contributed by atoms with E-state index in [2.05, 4.69) is 4.90 Å². The molecule has 5 nitrogen and oxygen atoms in total. The van der Waals surface area contributed by atoms with E-state index in [1.807, 2.05) is 66.4 Å². The van der Waals surface area contributed by atoms with Gasteiger partial charge in [-0.05, 0) is 61.7 Å². The molecule has 178 valence electrons. The summed E-state index contributed by atoms with van der Waals surface area (Å²) in [6.07, 6.45) is 1.68. The Labute approximate surface area is 200 Å². The fourth-order valence-corrected chi connectivity index (χ4v) is 4.57. The van der Waals surface area contributed by atoms with Gasteiger partial charge in [0.1, 0.15) is 5.82 Å². The molecule has 1 fully saturated rings. The summed E-state index contributed by atoms with van der Waals surface area (Å²) in [7, 11) is 3.20. The Kier molecular flexibility index (Phi) is 7.48. The van der Waals surface area contributed by atoms with Crippen molar-refractivity contribution in [2.45, 2.75) is 32.4 Å². The van der Waals surface area contributed by atoms with Crippen LogP contribution >= 0.6 is 0 Å². The molecule has 0 aromatic heterocycles. The SMILES string of the molecule is COc1ccc(N(C(=O)c2cccc(C)c2)C2CCN(Cc3ccc(F)cc3)CC2)cc1OC. The average Bonchev–Trinajstić information content (AvgIpc) is 2.86. The van der Waals surface area contributed by atoms with Crippen LogP contribution in [0.1, 0.15) is 34.3 Å². The maximum Gasteiger partial charge on any atom is 0.258 e. The normalized spacial score (nSPS) is 14.6. The lowest BCUT2D eigenvalue weighted by molar-refractivity contribution is 0.0958. The third-order valence-corrected chi connectivity index (χ3v) is 6.37. The number of rotatable bonds is 7. The van der Waals surface area contributed by atoms with Crippen LogP contribution in [0.2, 0.25) is 0 Å². The van der Waals surface area contributed by atoms with Crippen molar-refractivity contribution in [2.75, 3.05) is 32.2 Å². The molecular formula is C28H31FN2O3. The summed E-state index contributed by atoms with van der Waals surface area (Å²) in [5.41, 5.74) is 3.60. The molecule has 3 aromatic rings. The number of aryl methyl sites for hydroxylation is 1. The van der Waals surface area contributed by atoms with E-state index in [0.29, 0.717) is 17.1 Å². The summed E-state index contributed by atoms with van der Waals surface area (Å²) in [4.78, 5) is 18.0. The van der Waals surface area contributed by atoms with E-state index in [0.717, 1.165) is 49.3 Å². The average molecular weight is 463 g/mol. The van der Waals surface area contributed by atoms with Gasteiger partial charge < -0.3 is 14.4 Å². The number of methoxy groups -OCH3 is 2. The smallest absolute Gasteiger partial charge is 0.258 e. The first kappa shape index (κ1) is 23.8. The van der Waals surface area contributed by atoms with Crippen LogP contribution in [0.25, 0.3) is 0 Å². The van der Waals surface area contributed by atoms with Crippen molar-refractivity contribution in [3.8, 4) is 11.5 Å². The number of piperidine rings is 1. The first-order chi connectivity index (χ1) is 16.5. The van der Waals surface area contributed by atoms with E-state index in [-0.39, 0.29) is 17.8 Å². The highest BCUT2D eigenvalue weighted by Crippen LogP contribution is 2.34. The molecule has 34 heavy (non-hydrogen) atoms. The van der Waals surface area contributed by atoms with Gasteiger partial charge in [0.2, 0.25) is 0 Å². The van der Waals surface area contributed by atoms with Crippen LogP contribution in [-0.4, -0.2) is 44.2 Å². The number of carbonyl (C=O) groups excluding carboxylic acids is 1. The molecular weight excluding hydrogens is 431 g/mol. The third-order valence-electron chi connectivity index (χ3n) is 6.37. The van der Waals surface area contributed by atoms with Crippen molar-refractivity contribution in [3.05, 3.63) is 89.2 Å². The van der Waals surface area contributed by atoms with E-state index in [9.17, 15) is 9.18 Å². The molecule has 0 N–H and O–H groups in total. The Morgan fingerprint density at radius 2 is 1.68 bits per heavy atom. The maximum absolute atomic E-state index is 13.8. The number of carbonyl (C=O) groups is 1. The molecule has 3 aromatic carbocycles. The molecule has 6 heteroatoms. The summed E-state index contributed by atoms with van der Waals surface area (Å²) in [6, 6.07) is 20.1. The van der Waals surface area contributed by atoms with Crippen molar-refractivity contribution >= 4 is 11.6 Å². The monoisotopic (exact) mass is 462 g/mol. The number of halogens is 1. The van der Waals surface area contributed by atoms with E-state index in [4.69, 9.17) is 9.47 Å². The van der Waals surface area contributed by atoms with Crippen molar-refractivity contribution in [1.82, 2.24) is 4.90 Å². The number of benzene rings is 3. The maximum atomic E-state index is 13.8. The number of ether oxygens (including phenoxy) is 2. The Hall–Kier alpha value is -3.38. The van der Waals surface area contributed by atoms with Crippen molar-refractivity contribution in [1.29, 1.82) is 0 Å². The van der Waals surface area contributed by atoms with Crippen molar-refractivity contribution < 1.29 is 18.7 Å². The highest BCUT2D eigenvalue weighted by Gasteiger charge is 2.30. The van der Waals surface area contributed by atoms with Gasteiger partial charge in [-0.25, -0.2) is 4.39 Å². The Morgan fingerprint density at radius 3 is 2.32 bits per heavy atom. The molecule has 0 atom stereocenters. The molecule has 1 amide bonds. The minimum Gasteiger partial charge on any atom is -0.493 e. The van der Waals surface area contributed by atoms with Crippen LogP contribution in [0.3, 0.4) is 0 Å². The fourth-order valence-electron chi connectivity index (χ4n) is 4.57. The number of nitrogens with zero attached hydrogens (tertiary/aromatic N) is 2. The minimum absolute atomic E-state index is 0.0205. The van der Waals surface area contributed by atoms with Gasteiger partial charge in [-0.2, -0.15) is 0 Å². The molecule has 1 aliphatic rings. The van der Waals surface area contributed by atoms with Gasteiger partial charge in [-0.3, -0.25) is 9.69 Å². The number of likely N-dealkylation sites (tertiary alicyclic amines) is 1. The van der Waals surface area contributed by atoms with Crippen LogP contribution < -0.4 is 14.4 Å². The molecule has 0 spiro atoms. The largest absolute Gasteiger partial charge is 0.493 e. The zero-order chi connectivity index (χ0) is 24.1. The molecule has 0 aliphatic carbocycles. The Morgan fingerprint density at radius 1 is 0.971 bits per heavy atom. The Balaban J connectivity index is 1.57. The van der Waals surface area contributed by atoms with Crippen LogP contribution in [0.4, 0.5) is 10.1 Å². The second kappa shape index (κ2) is 10.7. The van der Waals surface area contributed by atoms with Crippen LogP contribution in [0.15, 0.2) is 66.7 Å². The van der Waals surface area contributed by atoms with Gasteiger partial charge in [-0.15, -0.1) is 0 Å². The zero-order valence-corrected chi connectivity index (χ0v) is 20.0. The quantitative estimate of drug-likeness (QED) is 0.467. The zero-order valence-electron chi connectivity index (χ0n) is 20.0. The lowest BCUT2D eigenvalue weighted by Crippen LogP contribution is -2.47. The van der Waals surface area contributed by atoms with Gasteiger partial charge in [0.15, 0.2) is 11.5 Å². The first-order valence-corrected chi connectivity index (χ1v) is 11.6. The molecule has 4 rings (SSSR count). The first-order valence-electron chi connectivity index (χ1n) is 11.6. The highest BCUT2D eigenvalue weighted by molar-refractivity contribution is 6.06. The third kappa shape index (κ3) is 5.39. The molecule has 0 radical (unpaired) electrons. The topological polar surface area (TPSA) is 42.0 Å².